The summed E-state index contributed by atoms with van der Waals surface area (Å²) in [5.74, 6) is 1.19. The van der Waals surface area contributed by atoms with Crippen molar-refractivity contribution in [2.24, 2.45) is 23.2 Å². The molecule has 0 radical (unpaired) electrons. The highest BCUT2D eigenvalue weighted by Gasteiger charge is 2.53. The van der Waals surface area contributed by atoms with E-state index >= 15 is 0 Å². The van der Waals surface area contributed by atoms with Crippen molar-refractivity contribution in [2.45, 2.75) is 75.3 Å². The van der Waals surface area contributed by atoms with Crippen LogP contribution in [0.5, 0.6) is 11.5 Å². The largest absolute Gasteiger partial charge is 0.455 e. The van der Waals surface area contributed by atoms with Crippen molar-refractivity contribution in [1.82, 2.24) is 24.6 Å². The van der Waals surface area contributed by atoms with E-state index in [1.165, 1.54) is 43.0 Å². The molecule has 2 unspecified atom stereocenters. The fraction of sp³-hybridized carbons (Fsp3) is 0.457. The van der Waals surface area contributed by atoms with Gasteiger partial charge in [-0.2, -0.15) is 0 Å². The van der Waals surface area contributed by atoms with Crippen LogP contribution in [0.3, 0.4) is 0 Å². The first-order valence-corrected chi connectivity index (χ1v) is 23.3. The van der Waals surface area contributed by atoms with Gasteiger partial charge in [-0.25, -0.2) is 23.1 Å². The van der Waals surface area contributed by atoms with Crippen molar-refractivity contribution in [3.63, 3.8) is 0 Å². The molecular weight excluding hydrogens is 809 g/mol. The van der Waals surface area contributed by atoms with E-state index in [1.807, 2.05) is 12.1 Å². The number of pyridine rings is 2. The molecule has 3 N–H and O–H groups in total. The molecule has 3 atom stereocenters. The van der Waals surface area contributed by atoms with Crippen LogP contribution in [-0.4, -0.2) is 84.5 Å². The first kappa shape index (κ1) is 40.5. The number of sulfonamides is 1. The lowest BCUT2D eigenvalue weighted by Gasteiger charge is -2.56. The lowest BCUT2D eigenvalue weighted by molar-refractivity contribution is -0.384. The minimum atomic E-state index is -4.60. The number of anilines is 2. The van der Waals surface area contributed by atoms with E-state index in [2.05, 4.69) is 72.9 Å². The zero-order valence-electron chi connectivity index (χ0n) is 35.0. The number of nitrogens with zero attached hydrogens (tertiary/aromatic N) is 5. The number of hydrogen-bond donors (Lipinski definition) is 3. The van der Waals surface area contributed by atoms with Gasteiger partial charge in [-0.05, 0) is 110 Å². The number of fused-ring (bicyclic) bond motifs is 2. The number of amides is 1. The fourth-order valence-electron chi connectivity index (χ4n) is 10.8. The molecule has 62 heavy (non-hydrogen) atoms. The summed E-state index contributed by atoms with van der Waals surface area (Å²) in [7, 11) is -4.60. The molecule has 2 saturated carbocycles. The number of aromatic amines is 1. The van der Waals surface area contributed by atoms with Gasteiger partial charge in [-0.3, -0.25) is 19.8 Å². The summed E-state index contributed by atoms with van der Waals surface area (Å²) >= 11 is 0. The standard InChI is InChI=1S/C46H52N8O7S/c1-28(2)34-6-3-4-7-35(34)40-8-5-15-53(40)31-21-46(22-31)12-16-52(17-13-46)30-9-10-36(42(19-30)61-32-18-29-11-14-47-43(29)48-23-32)45(55)51-62(58,59)33-20-41(54(56)57)44(49-24-33)50-25-37-38-26-60-27-39(37)38/h3-4,6-7,9-11,14,18-20,23-24,28,31,37-40H,5,8,12-13,15-17,21-22,25-27H2,1-2H3,(H,47,48)(H,49,50)(H,51,55)/t37?,38?,39?,40-/m0/s1. The monoisotopic (exact) mass is 860 g/mol. The van der Waals surface area contributed by atoms with Crippen molar-refractivity contribution in [2.75, 3.05) is 49.6 Å². The molecule has 1 spiro atoms. The lowest BCUT2D eigenvalue weighted by atomic mass is 9.59. The second-order valence-corrected chi connectivity index (χ2v) is 19.9. The zero-order valence-corrected chi connectivity index (χ0v) is 35.8. The Morgan fingerprint density at radius 2 is 1.82 bits per heavy atom. The third kappa shape index (κ3) is 7.66. The van der Waals surface area contributed by atoms with Crippen LogP contribution in [0, 0.1) is 33.3 Å². The highest BCUT2D eigenvalue weighted by Crippen LogP contribution is 2.54. The highest BCUT2D eigenvalue weighted by atomic mass is 32.2. The summed E-state index contributed by atoms with van der Waals surface area (Å²) in [5, 5.41) is 15.9. The van der Waals surface area contributed by atoms with Crippen molar-refractivity contribution >= 4 is 44.2 Å². The Kier molecular flexibility index (Phi) is 10.4. The quantitative estimate of drug-likeness (QED) is 0.0773. The molecule has 10 rings (SSSR count). The molecule has 3 aliphatic heterocycles. The smallest absolute Gasteiger partial charge is 0.312 e. The second kappa shape index (κ2) is 16.0. The van der Waals surface area contributed by atoms with E-state index in [0.29, 0.717) is 72.3 Å². The Labute approximate surface area is 360 Å². The number of aromatic nitrogens is 3. The predicted octanol–water partition coefficient (Wildman–Crippen LogP) is 7.79. The van der Waals surface area contributed by atoms with Gasteiger partial charge in [0.15, 0.2) is 0 Å². The Morgan fingerprint density at radius 3 is 2.60 bits per heavy atom. The first-order valence-electron chi connectivity index (χ1n) is 21.8. The molecule has 3 aromatic heterocycles. The maximum atomic E-state index is 13.9. The molecule has 2 aromatic carbocycles. The maximum Gasteiger partial charge on any atom is 0.312 e. The molecule has 2 aliphatic carbocycles. The number of carbonyl (C=O) groups excluding carboxylic acids is 1. The van der Waals surface area contributed by atoms with Crippen molar-refractivity contribution in [1.29, 1.82) is 0 Å². The summed E-state index contributed by atoms with van der Waals surface area (Å²) in [4.78, 5) is 41.5. The lowest BCUT2D eigenvalue weighted by Crippen LogP contribution is -2.54. The van der Waals surface area contributed by atoms with E-state index < -0.39 is 31.4 Å². The van der Waals surface area contributed by atoms with Gasteiger partial charge in [0, 0.05) is 61.1 Å². The van der Waals surface area contributed by atoms with Gasteiger partial charge >= 0.3 is 5.69 Å². The van der Waals surface area contributed by atoms with E-state index in [-0.39, 0.29) is 17.1 Å². The van der Waals surface area contributed by atoms with Crippen molar-refractivity contribution < 1.29 is 27.6 Å². The van der Waals surface area contributed by atoms with Crippen LogP contribution >= 0.6 is 0 Å². The second-order valence-electron chi connectivity index (χ2n) is 18.2. The van der Waals surface area contributed by atoms with E-state index in [9.17, 15) is 23.3 Å². The van der Waals surface area contributed by atoms with Crippen molar-refractivity contribution in [3.05, 3.63) is 106 Å². The molecule has 5 aliphatic rings. The van der Waals surface area contributed by atoms with Crippen LogP contribution in [0.15, 0.2) is 84.1 Å². The molecule has 324 valence electrons. The predicted molar refractivity (Wildman–Crippen MR) is 234 cm³/mol. The highest BCUT2D eigenvalue weighted by molar-refractivity contribution is 7.90. The number of piperidine rings is 1. The summed E-state index contributed by atoms with van der Waals surface area (Å²) in [6.07, 6.45) is 11.3. The Hall–Kier alpha value is -5.58. The third-order valence-electron chi connectivity index (χ3n) is 14.3. The van der Waals surface area contributed by atoms with Gasteiger partial charge < -0.3 is 24.7 Å². The van der Waals surface area contributed by atoms with Gasteiger partial charge in [-0.1, -0.05) is 38.1 Å². The fourth-order valence-corrected chi connectivity index (χ4v) is 11.7. The van der Waals surface area contributed by atoms with Crippen LogP contribution in [0.4, 0.5) is 17.2 Å². The first-order chi connectivity index (χ1) is 29.9. The molecule has 15 nitrogen and oxygen atoms in total. The third-order valence-corrected chi connectivity index (χ3v) is 15.6. The average molecular weight is 861 g/mol. The number of benzene rings is 2. The number of nitrogens with one attached hydrogen (secondary N) is 3. The van der Waals surface area contributed by atoms with Gasteiger partial charge in [0.25, 0.3) is 15.9 Å². The van der Waals surface area contributed by atoms with Crippen LogP contribution in [0.1, 0.15) is 85.8 Å². The number of likely N-dealkylation sites (tertiary alicyclic amines) is 1. The van der Waals surface area contributed by atoms with E-state index in [1.54, 1.807) is 24.4 Å². The molecule has 6 heterocycles. The molecule has 16 heteroatoms. The SMILES string of the molecule is CC(C)c1ccccc1[C@@H]1CCCN1C1CC2(CCN(c3ccc(C(=O)NS(=O)(=O)c4cnc(NCC5C6COCC56)c([N+](=O)[O-])c4)c(Oc4cnc5[nH]ccc5c4)c3)CC2)C1. The van der Waals surface area contributed by atoms with Crippen LogP contribution in [0.25, 0.3) is 11.0 Å². The van der Waals surface area contributed by atoms with E-state index in [0.717, 1.165) is 55.8 Å². The van der Waals surface area contributed by atoms with Crippen molar-refractivity contribution in [3.8, 4) is 11.5 Å². The van der Waals surface area contributed by atoms with Gasteiger partial charge in [0.05, 0.1) is 36.1 Å². The molecule has 1 amide bonds. The topological polar surface area (TPSA) is 185 Å². The van der Waals surface area contributed by atoms with Gasteiger partial charge in [0.1, 0.15) is 22.0 Å². The molecular formula is C46H52N8O7S. The molecule has 0 bridgehead atoms. The Morgan fingerprint density at radius 1 is 1.03 bits per heavy atom. The van der Waals surface area contributed by atoms with Gasteiger partial charge in [0.2, 0.25) is 5.82 Å². The van der Waals surface area contributed by atoms with Crippen LogP contribution < -0.4 is 19.7 Å². The number of H-pyrrole nitrogens is 1. The number of rotatable bonds is 13. The van der Waals surface area contributed by atoms with Gasteiger partial charge in [-0.15, -0.1) is 0 Å². The van der Waals surface area contributed by atoms with Crippen LogP contribution in [0.2, 0.25) is 0 Å². The Balaban J connectivity index is 0.841. The average Bonchev–Trinajstić information content (AvgIpc) is 3.76. The summed E-state index contributed by atoms with van der Waals surface area (Å²) in [6, 6.07) is 19.8. The summed E-state index contributed by atoms with van der Waals surface area (Å²) in [6.45, 7) is 9.22. The normalized spacial score (nSPS) is 23.4. The van der Waals surface area contributed by atoms with E-state index in [4.69, 9.17) is 9.47 Å². The summed E-state index contributed by atoms with van der Waals surface area (Å²) < 4.78 is 41.2. The zero-order chi connectivity index (χ0) is 42.8. The molecule has 5 fully saturated rings. The van der Waals surface area contributed by atoms with Crippen LogP contribution in [-0.2, 0) is 14.8 Å². The maximum absolute atomic E-state index is 13.9. The number of carbonyl (C=O) groups is 1. The minimum Gasteiger partial charge on any atom is -0.455 e. The summed E-state index contributed by atoms with van der Waals surface area (Å²) in [5.41, 5.74) is 4.27. The molecule has 3 saturated heterocycles. The molecule has 5 aromatic rings. The number of ether oxygens (including phenoxy) is 2. The number of nitro groups is 1. The number of hydrogen-bond acceptors (Lipinski definition) is 12. The Bertz CT molecular complexity index is 2630. The minimum absolute atomic E-state index is 0.0271.